The Morgan fingerprint density at radius 2 is 1.88 bits per heavy atom. The number of benzene rings is 1. The second-order valence-electron chi connectivity index (χ2n) is 3.22. The molecule has 0 amide bonds. The van der Waals surface area contributed by atoms with E-state index >= 15 is 0 Å². The monoisotopic (exact) mass is 214 g/mol. The molecule has 2 rings (SSSR count). The van der Waals surface area contributed by atoms with Crippen LogP contribution in [-0.4, -0.2) is 27.4 Å². The predicted octanol–water partition coefficient (Wildman–Crippen LogP) is 0.913. The van der Waals surface area contributed by atoms with Gasteiger partial charge in [0.15, 0.2) is 0 Å². The Labute approximate surface area is 90.3 Å². The highest BCUT2D eigenvalue weighted by Crippen LogP contribution is 2.20. The Balaban J connectivity index is 2.73. The van der Waals surface area contributed by atoms with Crippen LogP contribution in [0.1, 0.15) is 15.9 Å². The van der Waals surface area contributed by atoms with Gasteiger partial charge in [0.25, 0.3) is 0 Å². The van der Waals surface area contributed by atoms with E-state index in [0.717, 1.165) is 6.08 Å². The van der Waals surface area contributed by atoms with Crippen LogP contribution in [0.15, 0.2) is 35.9 Å². The molecule has 0 saturated carbocycles. The lowest BCUT2D eigenvalue weighted by molar-refractivity contribution is -0.132. The number of fused-ring (bicyclic) bond motifs is 1. The van der Waals surface area contributed by atoms with Gasteiger partial charge in [-0.15, -0.1) is 0 Å². The summed E-state index contributed by atoms with van der Waals surface area (Å²) >= 11 is 0. The molecule has 5 nitrogen and oxygen atoms in total. The second-order valence-corrected chi connectivity index (χ2v) is 3.22. The lowest BCUT2D eigenvalue weighted by Gasteiger charge is -2.09. The summed E-state index contributed by atoms with van der Waals surface area (Å²) in [5.41, 5.74) is 9.10. The molecule has 0 heterocycles. The highest BCUT2D eigenvalue weighted by Gasteiger charge is 2.31. The van der Waals surface area contributed by atoms with Gasteiger partial charge in [-0.3, -0.25) is 4.79 Å². The van der Waals surface area contributed by atoms with Crippen molar-refractivity contribution in [3.63, 3.8) is 0 Å². The third kappa shape index (κ3) is 1.36. The molecule has 0 unspecified atom stereocenters. The zero-order valence-corrected chi connectivity index (χ0v) is 8.04. The molecule has 0 bridgehead atoms. The fourth-order valence-corrected chi connectivity index (χ4v) is 1.57. The van der Waals surface area contributed by atoms with Crippen LogP contribution in [0.5, 0.6) is 0 Å². The summed E-state index contributed by atoms with van der Waals surface area (Å²) in [6.45, 7) is 0. The van der Waals surface area contributed by atoms with Gasteiger partial charge in [0.2, 0.25) is 5.78 Å². The standard InChI is InChI=1S/C11H6N2O3/c12-13-9-5-8(11(15)16)10(14)7-4-2-1-3-6(7)9/h1-5H,(H,15,16). The minimum Gasteiger partial charge on any atom is -0.478 e. The van der Waals surface area contributed by atoms with E-state index in [0.29, 0.717) is 5.56 Å². The lowest BCUT2D eigenvalue weighted by atomic mass is 9.89. The molecule has 1 aromatic rings. The van der Waals surface area contributed by atoms with Crippen molar-refractivity contribution in [3.05, 3.63) is 52.6 Å². The Bertz CT molecular complexity index is 581. The second kappa shape index (κ2) is 3.56. The van der Waals surface area contributed by atoms with Crippen molar-refractivity contribution in [1.29, 1.82) is 0 Å². The Morgan fingerprint density at radius 3 is 2.44 bits per heavy atom. The maximum absolute atomic E-state index is 11.7. The topological polar surface area (TPSA) is 90.8 Å². The first-order chi connectivity index (χ1) is 7.65. The van der Waals surface area contributed by atoms with Gasteiger partial charge in [-0.1, -0.05) is 18.2 Å². The van der Waals surface area contributed by atoms with Gasteiger partial charge in [0.05, 0.1) is 5.56 Å². The van der Waals surface area contributed by atoms with Crippen molar-refractivity contribution in [3.8, 4) is 0 Å². The van der Waals surface area contributed by atoms with Gasteiger partial charge < -0.3 is 10.6 Å². The smallest absolute Gasteiger partial charge is 0.340 e. The van der Waals surface area contributed by atoms with E-state index in [1.165, 1.54) is 6.07 Å². The number of allylic oxidation sites excluding steroid dienone is 1. The van der Waals surface area contributed by atoms with Crippen molar-refractivity contribution < 1.29 is 19.5 Å². The Morgan fingerprint density at radius 1 is 1.25 bits per heavy atom. The first-order valence-corrected chi connectivity index (χ1v) is 4.46. The van der Waals surface area contributed by atoms with E-state index in [-0.39, 0.29) is 11.3 Å². The number of Topliss-reactive ketones (excluding diaryl/α,β-unsaturated/α-hetero) is 1. The summed E-state index contributed by atoms with van der Waals surface area (Å²) in [6, 6.07) is 6.39. The minimum absolute atomic E-state index is 0.0765. The summed E-state index contributed by atoms with van der Waals surface area (Å²) in [7, 11) is 0. The van der Waals surface area contributed by atoms with Crippen LogP contribution in [0.2, 0.25) is 0 Å². The summed E-state index contributed by atoms with van der Waals surface area (Å²) in [4.78, 5) is 25.5. The Kier molecular flexibility index (Phi) is 2.23. The predicted molar refractivity (Wildman–Crippen MR) is 54.2 cm³/mol. The summed E-state index contributed by atoms with van der Waals surface area (Å²) in [5, 5.41) is 8.82. The van der Waals surface area contributed by atoms with E-state index in [2.05, 4.69) is 4.79 Å². The van der Waals surface area contributed by atoms with E-state index in [4.69, 9.17) is 10.6 Å². The molecule has 0 spiro atoms. The fourth-order valence-electron chi connectivity index (χ4n) is 1.57. The molecule has 1 aromatic carbocycles. The summed E-state index contributed by atoms with van der Waals surface area (Å²) < 4.78 is 0. The van der Waals surface area contributed by atoms with Crippen LogP contribution in [0.4, 0.5) is 0 Å². The quantitative estimate of drug-likeness (QED) is 0.428. The highest BCUT2D eigenvalue weighted by molar-refractivity contribution is 6.33. The molecular formula is C11H6N2O3. The molecule has 1 N–H and O–H groups in total. The number of rotatable bonds is 1. The molecule has 1 aliphatic rings. The number of carbonyl (C=O) groups excluding carboxylic acids is 1. The number of hydrogen-bond donors (Lipinski definition) is 1. The van der Waals surface area contributed by atoms with Gasteiger partial charge in [0.1, 0.15) is 5.57 Å². The van der Waals surface area contributed by atoms with Crippen molar-refractivity contribution in [2.24, 2.45) is 0 Å². The number of hydrogen-bond acceptors (Lipinski definition) is 2. The van der Waals surface area contributed by atoms with E-state index in [1.54, 1.807) is 18.2 Å². The van der Waals surface area contributed by atoms with E-state index in [9.17, 15) is 9.59 Å². The van der Waals surface area contributed by atoms with Gasteiger partial charge >= 0.3 is 11.7 Å². The molecule has 16 heavy (non-hydrogen) atoms. The van der Waals surface area contributed by atoms with Gasteiger partial charge in [-0.25, -0.2) is 4.79 Å². The molecule has 78 valence electrons. The van der Waals surface area contributed by atoms with Crippen LogP contribution in [0, 0.1) is 0 Å². The third-order valence-corrected chi connectivity index (χ3v) is 2.31. The average molecular weight is 214 g/mol. The highest BCUT2D eigenvalue weighted by atomic mass is 16.4. The molecule has 0 fully saturated rings. The number of ketones is 1. The molecule has 1 aliphatic carbocycles. The van der Waals surface area contributed by atoms with Crippen LogP contribution < -0.4 is 0 Å². The van der Waals surface area contributed by atoms with Crippen LogP contribution in [0.25, 0.3) is 5.53 Å². The first-order valence-electron chi connectivity index (χ1n) is 4.46. The van der Waals surface area contributed by atoms with Gasteiger partial charge in [0, 0.05) is 11.6 Å². The van der Waals surface area contributed by atoms with Crippen molar-refractivity contribution >= 4 is 17.5 Å². The Hall–Kier alpha value is -2.52. The van der Waals surface area contributed by atoms with Crippen molar-refractivity contribution in [1.82, 2.24) is 0 Å². The van der Waals surface area contributed by atoms with E-state index in [1.807, 2.05) is 0 Å². The molecule has 0 atom stereocenters. The van der Waals surface area contributed by atoms with Gasteiger partial charge in [-0.05, 0) is 6.07 Å². The van der Waals surface area contributed by atoms with Gasteiger partial charge in [-0.2, -0.15) is 4.79 Å². The number of carboxylic acids is 1. The zero-order valence-electron chi connectivity index (χ0n) is 8.04. The van der Waals surface area contributed by atoms with Crippen molar-refractivity contribution in [2.75, 3.05) is 0 Å². The number of aliphatic carboxylic acids is 1. The summed E-state index contributed by atoms with van der Waals surface area (Å²) in [5.74, 6) is -1.91. The van der Waals surface area contributed by atoms with Crippen LogP contribution in [0.3, 0.4) is 0 Å². The van der Waals surface area contributed by atoms with Crippen molar-refractivity contribution in [2.45, 2.75) is 0 Å². The molecule has 0 saturated heterocycles. The fraction of sp³-hybridized carbons (Fsp3) is 0. The maximum atomic E-state index is 11.7. The first kappa shape index (κ1) is 10.0. The lowest BCUT2D eigenvalue weighted by Crippen LogP contribution is -2.22. The largest absolute Gasteiger partial charge is 0.478 e. The maximum Gasteiger partial charge on any atom is 0.340 e. The van der Waals surface area contributed by atoms with Crippen LogP contribution >= 0.6 is 0 Å². The molecule has 0 aromatic heterocycles. The summed E-state index contributed by atoms with van der Waals surface area (Å²) in [6.07, 6.45) is 1.06. The van der Waals surface area contributed by atoms with Crippen LogP contribution in [-0.2, 0) is 4.79 Å². The van der Waals surface area contributed by atoms with E-state index < -0.39 is 17.3 Å². The minimum atomic E-state index is -1.33. The SMILES string of the molecule is [N-]=[N+]=C1C=C(C(=O)O)C(=O)c2ccccc21. The number of carbonyl (C=O) groups is 2. The molecule has 0 radical (unpaired) electrons. The zero-order chi connectivity index (χ0) is 11.7. The molecule has 5 heteroatoms. The number of nitrogens with zero attached hydrogens (tertiary/aromatic N) is 2. The average Bonchev–Trinajstić information content (AvgIpc) is 2.29. The normalized spacial score (nSPS) is 13.9. The molecule has 0 aliphatic heterocycles. The molecular weight excluding hydrogens is 208 g/mol. The number of carboxylic acid groups (broad SMARTS) is 1. The third-order valence-electron chi connectivity index (χ3n) is 2.31.